The fourth-order valence-electron chi connectivity index (χ4n) is 5.81. The highest BCUT2D eigenvalue weighted by molar-refractivity contribution is 5.92. The number of hydrogen-bond donors (Lipinski definition) is 0. The quantitative estimate of drug-likeness (QED) is 0.675. The van der Waals surface area contributed by atoms with Gasteiger partial charge in [0.2, 0.25) is 5.91 Å². The van der Waals surface area contributed by atoms with Gasteiger partial charge in [-0.25, -0.2) is 4.79 Å². The van der Waals surface area contributed by atoms with Crippen molar-refractivity contribution in [3.05, 3.63) is 18.0 Å². The molecule has 30 heavy (non-hydrogen) atoms. The van der Waals surface area contributed by atoms with Crippen molar-refractivity contribution in [3.8, 4) is 0 Å². The second-order valence-electron chi connectivity index (χ2n) is 9.17. The third kappa shape index (κ3) is 3.33. The molecule has 2 unspecified atom stereocenters. The number of urea groups is 1. The Hall–Kier alpha value is -2.58. The smallest absolute Gasteiger partial charge is 0.320 e. The Balaban J connectivity index is 1.19. The number of fused-ring (bicyclic) bond motifs is 4. The third-order valence-corrected chi connectivity index (χ3v) is 7.33. The molecule has 162 valence electrons. The molecule has 0 N–H and O–H groups in total. The summed E-state index contributed by atoms with van der Waals surface area (Å²) in [7, 11) is 1.77. The minimum Gasteiger partial charge on any atom is -0.339 e. The van der Waals surface area contributed by atoms with Gasteiger partial charge in [0.25, 0.3) is 5.91 Å². The van der Waals surface area contributed by atoms with Gasteiger partial charge in [0.05, 0.1) is 0 Å². The molecule has 1 aromatic heterocycles. The molecule has 4 fully saturated rings. The van der Waals surface area contributed by atoms with E-state index in [1.165, 1.54) is 0 Å². The molecule has 4 amide bonds. The van der Waals surface area contributed by atoms with Crippen LogP contribution in [-0.4, -0.2) is 99.1 Å². The van der Waals surface area contributed by atoms with Gasteiger partial charge in [0, 0.05) is 71.5 Å². The van der Waals surface area contributed by atoms with Crippen LogP contribution in [0.4, 0.5) is 4.79 Å². The number of aromatic nitrogens is 2. The van der Waals surface area contributed by atoms with Crippen LogP contribution in [0.3, 0.4) is 0 Å². The minimum atomic E-state index is -0.0309. The first-order valence-corrected chi connectivity index (χ1v) is 11.1. The van der Waals surface area contributed by atoms with E-state index in [-0.39, 0.29) is 11.9 Å². The van der Waals surface area contributed by atoms with Gasteiger partial charge in [0.15, 0.2) is 0 Å². The number of rotatable bonds is 1. The van der Waals surface area contributed by atoms with Gasteiger partial charge in [-0.15, -0.1) is 0 Å². The molecule has 1 aromatic rings. The molecular weight excluding hydrogens is 384 g/mol. The van der Waals surface area contributed by atoms with Crippen molar-refractivity contribution in [2.45, 2.75) is 31.7 Å². The first kappa shape index (κ1) is 19.4. The van der Waals surface area contributed by atoms with E-state index >= 15 is 0 Å². The number of piperidine rings is 3. The Kier molecular flexibility index (Phi) is 4.91. The van der Waals surface area contributed by atoms with Crippen LogP contribution in [0.25, 0.3) is 0 Å². The van der Waals surface area contributed by atoms with Crippen molar-refractivity contribution in [2.75, 3.05) is 45.8 Å². The summed E-state index contributed by atoms with van der Waals surface area (Å²) < 4.78 is 1.59. The van der Waals surface area contributed by atoms with E-state index in [2.05, 4.69) is 10.00 Å². The normalized spacial score (nSPS) is 29.1. The molecular formula is C21H30N6O3. The molecule has 2 bridgehead atoms. The maximum Gasteiger partial charge on any atom is 0.320 e. The van der Waals surface area contributed by atoms with E-state index in [1.807, 2.05) is 9.80 Å². The lowest BCUT2D eigenvalue weighted by Crippen LogP contribution is -2.63. The molecule has 9 nitrogen and oxygen atoms in total. The molecule has 3 atom stereocenters. The van der Waals surface area contributed by atoms with Crippen molar-refractivity contribution in [1.29, 1.82) is 0 Å². The summed E-state index contributed by atoms with van der Waals surface area (Å²) in [5.74, 6) is 1.06. The highest BCUT2D eigenvalue weighted by atomic mass is 16.2. The first-order valence-electron chi connectivity index (χ1n) is 11.1. The number of likely N-dealkylation sites (tertiary alicyclic amines) is 1. The van der Waals surface area contributed by atoms with E-state index < -0.39 is 0 Å². The number of amides is 4. The fourth-order valence-corrected chi connectivity index (χ4v) is 5.81. The lowest BCUT2D eigenvalue weighted by atomic mass is 9.76. The molecule has 4 aliphatic rings. The summed E-state index contributed by atoms with van der Waals surface area (Å²) in [4.78, 5) is 46.0. The standard InChI is InChI=1S/C21H30N6O3/c1-23-18(5-6-22-23)20(29)24-7-9-25(10-8-24)21(30)26-12-15-11-16(14-26)17-3-2-4-19(28)27(17)13-15/h5-6,15-17H,2-4,7-14H2,1H3/t15?,16?,17-/m1/s1. The van der Waals surface area contributed by atoms with Crippen LogP contribution < -0.4 is 0 Å². The summed E-state index contributed by atoms with van der Waals surface area (Å²) in [6, 6.07) is 2.13. The van der Waals surface area contributed by atoms with Gasteiger partial charge in [-0.2, -0.15) is 5.10 Å². The number of carbonyl (C=O) groups is 3. The molecule has 9 heteroatoms. The predicted molar refractivity (Wildman–Crippen MR) is 109 cm³/mol. The number of piperazine rings is 1. The van der Waals surface area contributed by atoms with Crippen LogP contribution in [0.1, 0.15) is 36.2 Å². The maximum atomic E-state index is 13.2. The zero-order chi connectivity index (χ0) is 20.8. The Morgan fingerprint density at radius 1 is 1.03 bits per heavy atom. The van der Waals surface area contributed by atoms with Crippen LogP contribution in [0.5, 0.6) is 0 Å². The Morgan fingerprint density at radius 3 is 2.53 bits per heavy atom. The van der Waals surface area contributed by atoms with E-state index in [1.54, 1.807) is 28.9 Å². The van der Waals surface area contributed by atoms with Gasteiger partial charge < -0.3 is 19.6 Å². The molecule has 0 aromatic carbocycles. The second kappa shape index (κ2) is 7.59. The van der Waals surface area contributed by atoms with E-state index in [4.69, 9.17) is 0 Å². The summed E-state index contributed by atoms with van der Waals surface area (Å²) in [6.45, 7) is 4.49. The zero-order valence-electron chi connectivity index (χ0n) is 17.6. The SMILES string of the molecule is Cn1nccc1C(=O)N1CCN(C(=O)N2CC3CC(C2)[C@H]2CCCC(=O)N2C3)CC1. The minimum absolute atomic E-state index is 0.0309. The molecule has 0 radical (unpaired) electrons. The predicted octanol–water partition coefficient (Wildman–Crippen LogP) is 0.631. The average molecular weight is 415 g/mol. The largest absolute Gasteiger partial charge is 0.339 e. The number of hydrogen-bond acceptors (Lipinski definition) is 4. The topological polar surface area (TPSA) is 82.0 Å². The van der Waals surface area contributed by atoms with Crippen LogP contribution in [0.15, 0.2) is 12.3 Å². The molecule has 5 rings (SSSR count). The van der Waals surface area contributed by atoms with Crippen LogP contribution >= 0.6 is 0 Å². The Morgan fingerprint density at radius 2 is 1.80 bits per heavy atom. The van der Waals surface area contributed by atoms with Crippen LogP contribution in [0.2, 0.25) is 0 Å². The van der Waals surface area contributed by atoms with Crippen molar-refractivity contribution >= 4 is 17.8 Å². The summed E-state index contributed by atoms with van der Waals surface area (Å²) in [5, 5.41) is 4.07. The van der Waals surface area contributed by atoms with Gasteiger partial charge >= 0.3 is 6.03 Å². The molecule has 4 saturated heterocycles. The van der Waals surface area contributed by atoms with Crippen LogP contribution in [-0.2, 0) is 11.8 Å². The number of carbonyl (C=O) groups excluding carboxylic acids is 3. The zero-order valence-corrected chi connectivity index (χ0v) is 17.6. The summed E-state index contributed by atoms with van der Waals surface area (Å²) in [5.41, 5.74) is 0.574. The Labute approximate surface area is 176 Å². The number of nitrogens with zero attached hydrogens (tertiary/aromatic N) is 6. The van der Waals surface area contributed by atoms with Gasteiger partial charge in [0.1, 0.15) is 5.69 Å². The van der Waals surface area contributed by atoms with Crippen molar-refractivity contribution in [1.82, 2.24) is 29.4 Å². The fraction of sp³-hybridized carbons (Fsp3) is 0.714. The number of aryl methyl sites for hydroxylation is 1. The molecule has 4 aliphatic heterocycles. The average Bonchev–Trinajstić information content (AvgIpc) is 3.19. The molecule has 5 heterocycles. The summed E-state index contributed by atoms with van der Waals surface area (Å²) >= 11 is 0. The lowest BCUT2D eigenvalue weighted by Gasteiger charge is -2.53. The van der Waals surface area contributed by atoms with Crippen molar-refractivity contribution < 1.29 is 14.4 Å². The second-order valence-corrected chi connectivity index (χ2v) is 9.17. The molecule has 0 aliphatic carbocycles. The van der Waals surface area contributed by atoms with Crippen molar-refractivity contribution in [3.63, 3.8) is 0 Å². The summed E-state index contributed by atoms with van der Waals surface area (Å²) in [6.07, 6.45) is 5.48. The van der Waals surface area contributed by atoms with Gasteiger partial charge in [-0.05, 0) is 37.2 Å². The van der Waals surface area contributed by atoms with E-state index in [0.29, 0.717) is 62.1 Å². The first-order chi connectivity index (χ1) is 14.5. The van der Waals surface area contributed by atoms with Crippen LogP contribution in [0, 0.1) is 11.8 Å². The van der Waals surface area contributed by atoms with E-state index in [0.717, 1.165) is 38.9 Å². The highest BCUT2D eigenvalue weighted by Gasteiger charge is 2.45. The molecule has 0 saturated carbocycles. The van der Waals surface area contributed by atoms with Gasteiger partial charge in [-0.3, -0.25) is 14.3 Å². The third-order valence-electron chi connectivity index (χ3n) is 7.33. The Bertz CT molecular complexity index is 846. The maximum absolute atomic E-state index is 13.2. The van der Waals surface area contributed by atoms with E-state index in [9.17, 15) is 14.4 Å². The molecule has 0 spiro atoms. The van der Waals surface area contributed by atoms with Crippen molar-refractivity contribution in [2.24, 2.45) is 18.9 Å². The highest BCUT2D eigenvalue weighted by Crippen LogP contribution is 2.38. The monoisotopic (exact) mass is 414 g/mol. The lowest BCUT2D eigenvalue weighted by molar-refractivity contribution is -0.144. The van der Waals surface area contributed by atoms with Gasteiger partial charge in [-0.1, -0.05) is 0 Å².